The first-order chi connectivity index (χ1) is 16.4. The van der Waals surface area contributed by atoms with Crippen molar-refractivity contribution < 1.29 is 17.6 Å². The van der Waals surface area contributed by atoms with Crippen LogP contribution in [0.25, 0.3) is 0 Å². The number of anilines is 1. The van der Waals surface area contributed by atoms with E-state index in [-0.39, 0.29) is 23.5 Å². The van der Waals surface area contributed by atoms with Gasteiger partial charge in [-0.15, -0.1) is 0 Å². The predicted octanol–water partition coefficient (Wildman–Crippen LogP) is 5.47. The Labute approximate surface area is 198 Å². The molecule has 1 amide bonds. The van der Waals surface area contributed by atoms with Crippen LogP contribution in [0.4, 0.5) is 10.1 Å². The second-order valence-electron chi connectivity index (χ2n) is 7.73. The molecule has 0 aliphatic rings. The molecule has 7 heteroatoms. The van der Waals surface area contributed by atoms with Crippen molar-refractivity contribution in [1.82, 2.24) is 4.31 Å². The molecule has 34 heavy (non-hydrogen) atoms. The molecule has 172 valence electrons. The lowest BCUT2D eigenvalue weighted by molar-refractivity contribution is 0.102. The van der Waals surface area contributed by atoms with Gasteiger partial charge in [0.15, 0.2) is 0 Å². The third kappa shape index (κ3) is 5.75. The molecule has 0 unspecified atom stereocenters. The van der Waals surface area contributed by atoms with Crippen LogP contribution in [0.15, 0.2) is 114 Å². The Hall–Kier alpha value is -3.81. The highest BCUT2D eigenvalue weighted by atomic mass is 32.2. The number of hydrogen-bond acceptors (Lipinski definition) is 3. The van der Waals surface area contributed by atoms with E-state index >= 15 is 0 Å². The van der Waals surface area contributed by atoms with E-state index in [1.807, 2.05) is 60.7 Å². The third-order valence-electron chi connectivity index (χ3n) is 5.24. The highest BCUT2D eigenvalue weighted by Crippen LogP contribution is 2.22. The fourth-order valence-corrected chi connectivity index (χ4v) is 4.91. The van der Waals surface area contributed by atoms with Gasteiger partial charge < -0.3 is 5.32 Å². The van der Waals surface area contributed by atoms with Crippen molar-refractivity contribution in [2.24, 2.45) is 0 Å². The van der Waals surface area contributed by atoms with Crippen LogP contribution in [-0.4, -0.2) is 18.6 Å². The van der Waals surface area contributed by atoms with Gasteiger partial charge in [0.05, 0.1) is 4.90 Å². The van der Waals surface area contributed by atoms with Crippen LogP contribution in [0.1, 0.15) is 21.5 Å². The van der Waals surface area contributed by atoms with Gasteiger partial charge in [0, 0.05) is 24.3 Å². The van der Waals surface area contributed by atoms with Crippen molar-refractivity contribution in [1.29, 1.82) is 0 Å². The maximum absolute atomic E-state index is 13.5. The van der Waals surface area contributed by atoms with Crippen molar-refractivity contribution in [3.05, 3.63) is 132 Å². The number of nitrogens with zero attached hydrogens (tertiary/aromatic N) is 1. The second-order valence-corrected chi connectivity index (χ2v) is 9.67. The second kappa shape index (κ2) is 10.4. The van der Waals surface area contributed by atoms with E-state index in [1.165, 1.54) is 46.8 Å². The topological polar surface area (TPSA) is 66.5 Å². The molecule has 0 atom stereocenters. The molecule has 0 radical (unpaired) electrons. The third-order valence-corrected chi connectivity index (χ3v) is 7.05. The zero-order valence-corrected chi connectivity index (χ0v) is 19.1. The predicted molar refractivity (Wildman–Crippen MR) is 130 cm³/mol. The van der Waals surface area contributed by atoms with Crippen LogP contribution >= 0.6 is 0 Å². The van der Waals surface area contributed by atoms with Gasteiger partial charge >= 0.3 is 0 Å². The van der Waals surface area contributed by atoms with Crippen LogP contribution in [0.3, 0.4) is 0 Å². The summed E-state index contributed by atoms with van der Waals surface area (Å²) in [4.78, 5) is 12.6. The number of hydrogen-bond donors (Lipinski definition) is 1. The average molecular weight is 475 g/mol. The SMILES string of the molecule is O=C(Nc1cccc(F)c1)c1ccc(S(=O)(=O)N(Cc2ccccc2)Cc2ccccc2)cc1. The molecular weight excluding hydrogens is 451 g/mol. The number of benzene rings is 4. The number of carbonyl (C=O) groups is 1. The molecule has 0 spiro atoms. The Morgan fingerprint density at radius 3 is 1.82 bits per heavy atom. The first-order valence-corrected chi connectivity index (χ1v) is 12.1. The molecule has 5 nitrogen and oxygen atoms in total. The van der Waals surface area contributed by atoms with Crippen molar-refractivity contribution in [2.75, 3.05) is 5.32 Å². The highest BCUT2D eigenvalue weighted by Gasteiger charge is 2.25. The van der Waals surface area contributed by atoms with E-state index in [1.54, 1.807) is 6.07 Å². The molecule has 0 saturated carbocycles. The molecule has 0 aliphatic heterocycles. The summed E-state index contributed by atoms with van der Waals surface area (Å²) in [6.07, 6.45) is 0. The van der Waals surface area contributed by atoms with Crippen LogP contribution in [-0.2, 0) is 23.1 Å². The van der Waals surface area contributed by atoms with E-state index < -0.39 is 21.7 Å². The van der Waals surface area contributed by atoms with Gasteiger partial charge in [0.2, 0.25) is 10.0 Å². The van der Waals surface area contributed by atoms with Crippen LogP contribution in [0.2, 0.25) is 0 Å². The minimum atomic E-state index is -3.85. The molecule has 4 aromatic rings. The molecular formula is C27H23FN2O3S. The Bertz CT molecular complexity index is 1320. The van der Waals surface area contributed by atoms with Crippen molar-refractivity contribution in [3.8, 4) is 0 Å². The maximum Gasteiger partial charge on any atom is 0.255 e. The summed E-state index contributed by atoms with van der Waals surface area (Å²) in [5.74, 6) is -0.920. The first-order valence-electron chi connectivity index (χ1n) is 10.7. The number of sulfonamides is 1. The summed E-state index contributed by atoms with van der Waals surface area (Å²) in [6, 6.07) is 30.1. The van der Waals surface area contributed by atoms with E-state index in [2.05, 4.69) is 5.32 Å². The van der Waals surface area contributed by atoms with Crippen molar-refractivity contribution in [3.63, 3.8) is 0 Å². The summed E-state index contributed by atoms with van der Waals surface area (Å²) < 4.78 is 41.9. The standard InChI is InChI=1S/C27H23FN2O3S/c28-24-12-7-13-25(18-24)29-27(31)23-14-16-26(17-15-23)34(32,33)30(19-21-8-3-1-4-9-21)20-22-10-5-2-6-11-22/h1-18H,19-20H2,(H,29,31). The van der Waals surface area contributed by atoms with Gasteiger partial charge in [-0.25, -0.2) is 12.8 Å². The summed E-state index contributed by atoms with van der Waals surface area (Å²) in [7, 11) is -3.85. The smallest absolute Gasteiger partial charge is 0.255 e. The summed E-state index contributed by atoms with van der Waals surface area (Å²) in [5.41, 5.74) is 2.32. The van der Waals surface area contributed by atoms with Crippen LogP contribution in [0.5, 0.6) is 0 Å². The molecule has 4 rings (SSSR count). The largest absolute Gasteiger partial charge is 0.322 e. The first kappa shape index (κ1) is 23.4. The lowest BCUT2D eigenvalue weighted by Crippen LogP contribution is -2.30. The summed E-state index contributed by atoms with van der Waals surface area (Å²) in [6.45, 7) is 0.416. The van der Waals surface area contributed by atoms with Gasteiger partial charge in [0.1, 0.15) is 5.82 Å². The van der Waals surface area contributed by atoms with Gasteiger partial charge in [0.25, 0.3) is 5.91 Å². The summed E-state index contributed by atoms with van der Waals surface area (Å²) >= 11 is 0. The monoisotopic (exact) mass is 474 g/mol. The van der Waals surface area contributed by atoms with Crippen LogP contribution < -0.4 is 5.32 Å². The Kier molecular flexibility index (Phi) is 7.15. The number of nitrogens with one attached hydrogen (secondary N) is 1. The minimum Gasteiger partial charge on any atom is -0.322 e. The fourth-order valence-electron chi connectivity index (χ4n) is 3.50. The molecule has 0 bridgehead atoms. The van der Waals surface area contributed by atoms with Crippen LogP contribution in [0, 0.1) is 5.82 Å². The van der Waals surface area contributed by atoms with Crippen molar-refractivity contribution in [2.45, 2.75) is 18.0 Å². The van der Waals surface area contributed by atoms with Gasteiger partial charge in [-0.05, 0) is 53.6 Å². The Balaban J connectivity index is 1.57. The van der Waals surface area contributed by atoms with E-state index in [0.29, 0.717) is 5.69 Å². The minimum absolute atomic E-state index is 0.0849. The zero-order valence-electron chi connectivity index (χ0n) is 18.3. The van der Waals surface area contributed by atoms with Gasteiger partial charge in [-0.3, -0.25) is 4.79 Å². The van der Waals surface area contributed by atoms with Gasteiger partial charge in [-0.2, -0.15) is 4.31 Å². The molecule has 1 N–H and O–H groups in total. The fraction of sp³-hybridized carbons (Fsp3) is 0.0741. The lowest BCUT2D eigenvalue weighted by atomic mass is 10.2. The Morgan fingerprint density at radius 2 is 1.29 bits per heavy atom. The molecule has 0 aromatic heterocycles. The van der Waals surface area contributed by atoms with Gasteiger partial charge in [-0.1, -0.05) is 66.7 Å². The van der Waals surface area contributed by atoms with Crippen molar-refractivity contribution >= 4 is 21.6 Å². The number of amides is 1. The average Bonchev–Trinajstić information content (AvgIpc) is 2.85. The number of rotatable bonds is 8. The molecule has 0 heterocycles. The quantitative estimate of drug-likeness (QED) is 0.368. The lowest BCUT2D eigenvalue weighted by Gasteiger charge is -2.23. The molecule has 0 aliphatic carbocycles. The Morgan fingerprint density at radius 1 is 0.735 bits per heavy atom. The van der Waals surface area contributed by atoms with E-state index in [4.69, 9.17) is 0 Å². The maximum atomic E-state index is 13.5. The normalized spacial score (nSPS) is 11.4. The van der Waals surface area contributed by atoms with E-state index in [9.17, 15) is 17.6 Å². The number of carbonyl (C=O) groups excluding carboxylic acids is 1. The zero-order chi connectivity index (χ0) is 24.0. The molecule has 4 aromatic carbocycles. The molecule has 0 saturated heterocycles. The number of halogens is 1. The summed E-state index contributed by atoms with van der Waals surface area (Å²) in [5, 5.41) is 2.61. The van der Waals surface area contributed by atoms with E-state index in [0.717, 1.165) is 11.1 Å². The molecule has 0 fully saturated rings. The highest BCUT2D eigenvalue weighted by molar-refractivity contribution is 7.89.